The average Bonchev–Trinajstić information content (AvgIpc) is 2.79. The summed E-state index contributed by atoms with van der Waals surface area (Å²) >= 11 is 0. The van der Waals surface area contributed by atoms with E-state index in [1.807, 2.05) is 13.8 Å². The van der Waals surface area contributed by atoms with E-state index in [9.17, 15) is 9.59 Å². The molecule has 1 aromatic heterocycles. The molecule has 0 radical (unpaired) electrons. The number of aromatic nitrogens is 2. The van der Waals surface area contributed by atoms with Gasteiger partial charge in [0.15, 0.2) is 0 Å². The van der Waals surface area contributed by atoms with E-state index in [-0.39, 0.29) is 12.3 Å². The summed E-state index contributed by atoms with van der Waals surface area (Å²) in [5.41, 5.74) is 6.36. The van der Waals surface area contributed by atoms with Crippen LogP contribution >= 0.6 is 0 Å². The van der Waals surface area contributed by atoms with Crippen molar-refractivity contribution in [3.8, 4) is 0 Å². The van der Waals surface area contributed by atoms with Crippen LogP contribution in [0, 0.1) is 5.92 Å². The van der Waals surface area contributed by atoms with Gasteiger partial charge in [-0.3, -0.25) is 4.79 Å². The molecule has 1 rings (SSSR count). The first kappa shape index (κ1) is 15.2. The molecule has 5 N–H and O–H groups in total. The summed E-state index contributed by atoms with van der Waals surface area (Å²) in [6.45, 7) is 3.90. The fourth-order valence-electron chi connectivity index (χ4n) is 1.71. The molecule has 0 aliphatic rings. The third kappa shape index (κ3) is 5.09. The van der Waals surface area contributed by atoms with Crippen LogP contribution < -0.4 is 11.1 Å². The lowest BCUT2D eigenvalue weighted by atomic mass is 10.0. The monoisotopic (exact) mass is 268 g/mol. The maximum Gasteiger partial charge on any atom is 0.326 e. The Morgan fingerprint density at radius 1 is 1.53 bits per heavy atom. The molecule has 1 amide bonds. The van der Waals surface area contributed by atoms with E-state index in [0.29, 0.717) is 12.1 Å². The van der Waals surface area contributed by atoms with Crippen LogP contribution in [0.4, 0.5) is 0 Å². The highest BCUT2D eigenvalue weighted by Gasteiger charge is 2.24. The molecule has 7 nitrogen and oxygen atoms in total. The van der Waals surface area contributed by atoms with Crippen LogP contribution in [-0.4, -0.2) is 39.0 Å². The van der Waals surface area contributed by atoms with E-state index in [1.54, 1.807) is 0 Å². The molecule has 0 saturated heterocycles. The van der Waals surface area contributed by atoms with Crippen molar-refractivity contribution in [3.05, 3.63) is 18.2 Å². The molecule has 1 aromatic rings. The zero-order chi connectivity index (χ0) is 14.4. The number of imidazole rings is 1. The number of hydrogen-bond donors (Lipinski definition) is 4. The normalized spacial score (nSPS) is 14.1. The summed E-state index contributed by atoms with van der Waals surface area (Å²) in [7, 11) is 0. The standard InChI is InChI=1S/C12H20N4O3/c1-7(2)3-9(13)11(17)16-10(12(18)19)4-8-5-14-6-15-8/h5-7,9-10H,3-4,13H2,1-2H3,(H,14,15)(H,16,17)(H,18,19)/t9-,10?/m1/s1. The van der Waals surface area contributed by atoms with Gasteiger partial charge in [0.1, 0.15) is 6.04 Å². The fraction of sp³-hybridized carbons (Fsp3) is 0.583. The molecule has 0 saturated carbocycles. The second-order valence-corrected chi connectivity index (χ2v) is 4.92. The largest absolute Gasteiger partial charge is 0.480 e. The van der Waals surface area contributed by atoms with Gasteiger partial charge in [-0.25, -0.2) is 9.78 Å². The maximum absolute atomic E-state index is 11.8. The number of carboxylic acids is 1. The molecule has 0 aromatic carbocycles. The van der Waals surface area contributed by atoms with Crippen molar-refractivity contribution >= 4 is 11.9 Å². The van der Waals surface area contributed by atoms with Crippen LogP contribution in [0.2, 0.25) is 0 Å². The molecule has 1 heterocycles. The van der Waals surface area contributed by atoms with Gasteiger partial charge in [0.25, 0.3) is 0 Å². The number of aliphatic carboxylic acids is 1. The number of carboxylic acid groups (broad SMARTS) is 1. The first-order valence-electron chi connectivity index (χ1n) is 6.16. The Labute approximate surface area is 111 Å². The molecule has 7 heteroatoms. The summed E-state index contributed by atoms with van der Waals surface area (Å²) in [4.78, 5) is 29.5. The summed E-state index contributed by atoms with van der Waals surface area (Å²) in [5, 5.41) is 11.5. The predicted octanol–water partition coefficient (Wildman–Crippen LogP) is -0.105. The Bertz CT molecular complexity index is 417. The molecule has 2 atom stereocenters. The zero-order valence-electron chi connectivity index (χ0n) is 11.1. The Morgan fingerprint density at radius 3 is 2.68 bits per heavy atom. The van der Waals surface area contributed by atoms with Gasteiger partial charge in [0.2, 0.25) is 5.91 Å². The van der Waals surface area contributed by atoms with Gasteiger partial charge < -0.3 is 21.1 Å². The molecule has 0 bridgehead atoms. The van der Waals surface area contributed by atoms with Crippen LogP contribution in [0.3, 0.4) is 0 Å². The first-order valence-corrected chi connectivity index (χ1v) is 6.16. The number of carbonyl (C=O) groups excluding carboxylic acids is 1. The van der Waals surface area contributed by atoms with E-state index >= 15 is 0 Å². The van der Waals surface area contributed by atoms with Crippen molar-refractivity contribution in [1.29, 1.82) is 0 Å². The number of nitrogens with zero attached hydrogens (tertiary/aromatic N) is 1. The predicted molar refractivity (Wildman–Crippen MR) is 69.3 cm³/mol. The molecule has 0 aliphatic heterocycles. The molecule has 1 unspecified atom stereocenters. The van der Waals surface area contributed by atoms with Crippen molar-refractivity contribution in [2.75, 3.05) is 0 Å². The number of nitrogens with one attached hydrogen (secondary N) is 2. The second kappa shape index (κ2) is 6.89. The van der Waals surface area contributed by atoms with Crippen LogP contribution in [0.1, 0.15) is 26.0 Å². The Kier molecular flexibility index (Phi) is 5.50. The van der Waals surface area contributed by atoms with Crippen LogP contribution in [0.15, 0.2) is 12.5 Å². The van der Waals surface area contributed by atoms with Gasteiger partial charge in [0, 0.05) is 18.3 Å². The van der Waals surface area contributed by atoms with Crippen LogP contribution in [-0.2, 0) is 16.0 Å². The number of carbonyl (C=O) groups is 2. The van der Waals surface area contributed by atoms with Gasteiger partial charge in [-0.05, 0) is 12.3 Å². The Hall–Kier alpha value is -1.89. The number of aromatic amines is 1. The molecular weight excluding hydrogens is 248 g/mol. The van der Waals surface area contributed by atoms with Crippen molar-refractivity contribution in [2.45, 2.75) is 38.8 Å². The highest BCUT2D eigenvalue weighted by atomic mass is 16.4. The van der Waals surface area contributed by atoms with Gasteiger partial charge in [-0.2, -0.15) is 0 Å². The zero-order valence-corrected chi connectivity index (χ0v) is 11.1. The molecule has 0 spiro atoms. The Balaban J connectivity index is 2.58. The van der Waals surface area contributed by atoms with Crippen LogP contribution in [0.5, 0.6) is 0 Å². The second-order valence-electron chi connectivity index (χ2n) is 4.92. The fourth-order valence-corrected chi connectivity index (χ4v) is 1.71. The highest BCUT2D eigenvalue weighted by Crippen LogP contribution is 2.04. The molecule has 19 heavy (non-hydrogen) atoms. The van der Waals surface area contributed by atoms with Gasteiger partial charge in [-0.1, -0.05) is 13.8 Å². The molecule has 0 aliphatic carbocycles. The molecule has 106 valence electrons. The van der Waals surface area contributed by atoms with E-state index in [2.05, 4.69) is 15.3 Å². The van der Waals surface area contributed by atoms with E-state index in [0.717, 1.165) is 0 Å². The number of amides is 1. The first-order chi connectivity index (χ1) is 8.90. The van der Waals surface area contributed by atoms with E-state index in [4.69, 9.17) is 10.8 Å². The van der Waals surface area contributed by atoms with Crippen molar-refractivity contribution in [3.63, 3.8) is 0 Å². The smallest absolute Gasteiger partial charge is 0.326 e. The van der Waals surface area contributed by atoms with Crippen molar-refractivity contribution in [1.82, 2.24) is 15.3 Å². The number of nitrogens with two attached hydrogens (primary N) is 1. The minimum atomic E-state index is -1.10. The lowest BCUT2D eigenvalue weighted by molar-refractivity contribution is -0.142. The summed E-state index contributed by atoms with van der Waals surface area (Å²) in [6.07, 6.45) is 3.65. The number of hydrogen-bond acceptors (Lipinski definition) is 4. The quantitative estimate of drug-likeness (QED) is 0.550. The lowest BCUT2D eigenvalue weighted by Gasteiger charge is -2.18. The molecule has 0 fully saturated rings. The highest BCUT2D eigenvalue weighted by molar-refractivity contribution is 5.86. The van der Waals surface area contributed by atoms with E-state index in [1.165, 1.54) is 12.5 Å². The SMILES string of the molecule is CC(C)C[C@@H](N)C(=O)NC(Cc1cnc[nH]1)C(=O)O. The minimum absolute atomic E-state index is 0.148. The van der Waals surface area contributed by atoms with E-state index < -0.39 is 24.0 Å². The Morgan fingerprint density at radius 2 is 2.21 bits per heavy atom. The summed E-state index contributed by atoms with van der Waals surface area (Å²) < 4.78 is 0. The summed E-state index contributed by atoms with van der Waals surface area (Å²) in [5.74, 6) is -1.27. The maximum atomic E-state index is 11.8. The van der Waals surface area contributed by atoms with Gasteiger partial charge in [-0.15, -0.1) is 0 Å². The average molecular weight is 268 g/mol. The number of H-pyrrole nitrogens is 1. The lowest BCUT2D eigenvalue weighted by Crippen LogP contribution is -2.49. The third-order valence-corrected chi connectivity index (χ3v) is 2.66. The topological polar surface area (TPSA) is 121 Å². The van der Waals surface area contributed by atoms with Crippen LogP contribution in [0.25, 0.3) is 0 Å². The third-order valence-electron chi connectivity index (χ3n) is 2.66. The van der Waals surface area contributed by atoms with Crippen molar-refractivity contribution < 1.29 is 14.7 Å². The molecular formula is C12H20N4O3. The summed E-state index contributed by atoms with van der Waals surface area (Å²) in [6, 6.07) is -1.70. The minimum Gasteiger partial charge on any atom is -0.480 e. The van der Waals surface area contributed by atoms with Crippen molar-refractivity contribution in [2.24, 2.45) is 11.7 Å². The van der Waals surface area contributed by atoms with Gasteiger partial charge >= 0.3 is 5.97 Å². The number of rotatable bonds is 7. The van der Waals surface area contributed by atoms with Gasteiger partial charge in [0.05, 0.1) is 12.4 Å².